The van der Waals surface area contributed by atoms with Crippen LogP contribution in [0.25, 0.3) is 22.0 Å². The summed E-state index contributed by atoms with van der Waals surface area (Å²) >= 11 is 5.77. The highest BCUT2D eigenvalue weighted by Crippen LogP contribution is 2.31. The number of nitrogens with one attached hydrogen (secondary N) is 2. The van der Waals surface area contributed by atoms with Gasteiger partial charge < -0.3 is 0 Å². The van der Waals surface area contributed by atoms with Gasteiger partial charge >= 0.3 is 0 Å². The number of halogens is 3. The third-order valence-corrected chi connectivity index (χ3v) is 3.91. The highest BCUT2D eigenvalue weighted by Gasteiger charge is 2.16. The Bertz CT molecular complexity index is 1110. The molecule has 0 unspecified atom stereocenters. The number of amidine groups is 1. The summed E-state index contributed by atoms with van der Waals surface area (Å²) in [5, 5.41) is 10.2. The molecule has 0 saturated heterocycles. The average molecular weight is 370 g/mol. The first-order chi connectivity index (χ1) is 12.4. The maximum absolute atomic E-state index is 14.3. The van der Waals surface area contributed by atoms with Crippen LogP contribution in [0.5, 0.6) is 0 Å². The zero-order valence-electron chi connectivity index (χ0n) is 13.1. The second-order valence-corrected chi connectivity index (χ2v) is 5.75. The lowest BCUT2D eigenvalue weighted by Gasteiger charge is -2.10. The number of rotatable bonds is 2. The molecule has 1 heterocycles. The molecular formula is C19H10ClF2N3O. The SMILES string of the molecule is C#CC(=N)NC(=O)c1ccc2c(F)cnc(-c3ccc(Cl)cc3F)c2c1. The van der Waals surface area contributed by atoms with E-state index in [0.29, 0.717) is 0 Å². The van der Waals surface area contributed by atoms with E-state index in [4.69, 9.17) is 23.4 Å². The summed E-state index contributed by atoms with van der Waals surface area (Å²) in [4.78, 5) is 16.1. The van der Waals surface area contributed by atoms with Crippen molar-refractivity contribution in [2.45, 2.75) is 0 Å². The van der Waals surface area contributed by atoms with E-state index in [-0.39, 0.29) is 32.6 Å². The van der Waals surface area contributed by atoms with Crippen LogP contribution in [0.15, 0.2) is 42.6 Å². The van der Waals surface area contributed by atoms with Gasteiger partial charge in [0.05, 0.1) is 11.9 Å². The highest BCUT2D eigenvalue weighted by atomic mass is 35.5. The first-order valence-electron chi connectivity index (χ1n) is 7.31. The smallest absolute Gasteiger partial charge is 0.257 e. The van der Waals surface area contributed by atoms with Crippen molar-refractivity contribution in [2.24, 2.45) is 0 Å². The number of fused-ring (bicyclic) bond motifs is 1. The second kappa shape index (κ2) is 6.90. The minimum absolute atomic E-state index is 0.119. The number of terminal acetylenes is 1. The van der Waals surface area contributed by atoms with Gasteiger partial charge in [-0.2, -0.15) is 0 Å². The fraction of sp³-hybridized carbons (Fsp3) is 0. The lowest BCUT2D eigenvalue weighted by atomic mass is 10.0. The van der Waals surface area contributed by atoms with Crippen LogP contribution in [-0.2, 0) is 0 Å². The van der Waals surface area contributed by atoms with Gasteiger partial charge in [-0.1, -0.05) is 17.7 Å². The molecule has 7 heteroatoms. The number of benzene rings is 2. The van der Waals surface area contributed by atoms with Crippen molar-refractivity contribution >= 4 is 34.1 Å². The first-order valence-corrected chi connectivity index (χ1v) is 7.68. The second-order valence-electron chi connectivity index (χ2n) is 5.31. The summed E-state index contributed by atoms with van der Waals surface area (Å²) in [6.45, 7) is 0. The number of carbonyl (C=O) groups is 1. The van der Waals surface area contributed by atoms with E-state index in [1.165, 1.54) is 30.3 Å². The van der Waals surface area contributed by atoms with Crippen LogP contribution in [0.1, 0.15) is 10.4 Å². The monoisotopic (exact) mass is 369 g/mol. The molecule has 0 atom stereocenters. The van der Waals surface area contributed by atoms with E-state index >= 15 is 0 Å². The minimum Gasteiger partial charge on any atom is -0.300 e. The van der Waals surface area contributed by atoms with Gasteiger partial charge in [-0.3, -0.25) is 20.5 Å². The number of amides is 1. The number of aromatic nitrogens is 1. The minimum atomic E-state index is -0.637. The standard InChI is InChI=1S/C19H10ClF2N3O/c1-2-17(23)25-19(26)10-3-5-12-14(7-10)18(24-9-16(12)22)13-6-4-11(20)8-15(13)21/h1,3-9H,(H2,23,25,26). The van der Waals surface area contributed by atoms with Crippen molar-refractivity contribution < 1.29 is 13.6 Å². The van der Waals surface area contributed by atoms with Gasteiger partial charge in [0, 0.05) is 26.9 Å². The summed E-state index contributed by atoms with van der Waals surface area (Å²) in [6, 6.07) is 8.18. The summed E-state index contributed by atoms with van der Waals surface area (Å²) in [5.41, 5.74) is 0.408. The molecule has 0 saturated carbocycles. The highest BCUT2D eigenvalue weighted by molar-refractivity contribution is 6.30. The molecule has 0 fully saturated rings. The van der Waals surface area contributed by atoms with E-state index < -0.39 is 23.4 Å². The molecule has 4 nitrogen and oxygen atoms in total. The van der Waals surface area contributed by atoms with Crippen LogP contribution < -0.4 is 5.32 Å². The molecule has 2 aromatic carbocycles. The molecule has 0 bridgehead atoms. The number of nitrogens with zero attached hydrogens (tertiary/aromatic N) is 1. The molecule has 3 rings (SSSR count). The third-order valence-electron chi connectivity index (χ3n) is 3.67. The molecule has 0 spiro atoms. The Morgan fingerprint density at radius 2 is 1.92 bits per heavy atom. The van der Waals surface area contributed by atoms with Crippen molar-refractivity contribution in [1.29, 1.82) is 5.41 Å². The number of carbonyl (C=O) groups excluding carboxylic acids is 1. The Labute approximate surface area is 152 Å². The van der Waals surface area contributed by atoms with Crippen molar-refractivity contribution in [3.8, 4) is 23.6 Å². The topological polar surface area (TPSA) is 65.8 Å². The molecule has 1 amide bonds. The van der Waals surface area contributed by atoms with Crippen molar-refractivity contribution in [3.63, 3.8) is 0 Å². The van der Waals surface area contributed by atoms with E-state index in [9.17, 15) is 13.6 Å². The Morgan fingerprint density at radius 1 is 1.15 bits per heavy atom. The van der Waals surface area contributed by atoms with E-state index in [1.54, 1.807) is 0 Å². The number of hydrogen-bond donors (Lipinski definition) is 2. The summed E-state index contributed by atoms with van der Waals surface area (Å²) in [5.74, 6) is -0.298. The Hall–Kier alpha value is -3.30. The molecule has 0 radical (unpaired) electrons. The Balaban J connectivity index is 2.20. The molecule has 3 aromatic rings. The van der Waals surface area contributed by atoms with Crippen LogP contribution in [0.3, 0.4) is 0 Å². The zero-order valence-corrected chi connectivity index (χ0v) is 13.9. The molecule has 0 aliphatic rings. The summed E-state index contributed by atoms with van der Waals surface area (Å²) in [7, 11) is 0. The van der Waals surface area contributed by atoms with E-state index in [1.807, 2.05) is 5.92 Å². The molecule has 2 N–H and O–H groups in total. The van der Waals surface area contributed by atoms with Crippen molar-refractivity contribution in [2.75, 3.05) is 0 Å². The Morgan fingerprint density at radius 3 is 2.62 bits per heavy atom. The maximum Gasteiger partial charge on any atom is 0.257 e. The normalized spacial score (nSPS) is 10.4. The first kappa shape index (κ1) is 17.5. The van der Waals surface area contributed by atoms with Gasteiger partial charge in [-0.25, -0.2) is 8.78 Å². The van der Waals surface area contributed by atoms with Gasteiger partial charge in [-0.15, -0.1) is 6.42 Å². The molecule has 0 aliphatic carbocycles. The molecular weight excluding hydrogens is 360 g/mol. The molecule has 128 valence electrons. The predicted octanol–water partition coefficient (Wildman–Crippen LogP) is 4.17. The zero-order chi connectivity index (χ0) is 18.8. The molecule has 1 aromatic heterocycles. The van der Waals surface area contributed by atoms with Crippen LogP contribution in [0, 0.1) is 29.4 Å². The van der Waals surface area contributed by atoms with Gasteiger partial charge in [0.1, 0.15) is 11.6 Å². The fourth-order valence-corrected chi connectivity index (χ4v) is 2.63. The molecule has 0 aliphatic heterocycles. The number of hydrogen-bond acceptors (Lipinski definition) is 3. The van der Waals surface area contributed by atoms with Crippen LogP contribution in [0.4, 0.5) is 8.78 Å². The summed E-state index contributed by atoms with van der Waals surface area (Å²) < 4.78 is 28.4. The Kier molecular flexibility index (Phi) is 4.65. The maximum atomic E-state index is 14.3. The third kappa shape index (κ3) is 3.25. The van der Waals surface area contributed by atoms with E-state index in [2.05, 4.69) is 10.3 Å². The fourth-order valence-electron chi connectivity index (χ4n) is 2.47. The van der Waals surface area contributed by atoms with Crippen molar-refractivity contribution in [3.05, 3.63) is 64.8 Å². The van der Waals surface area contributed by atoms with Crippen LogP contribution in [0.2, 0.25) is 5.02 Å². The van der Waals surface area contributed by atoms with Crippen LogP contribution in [-0.4, -0.2) is 16.7 Å². The molecule has 26 heavy (non-hydrogen) atoms. The lowest BCUT2D eigenvalue weighted by molar-refractivity contribution is 0.0977. The quantitative estimate of drug-likeness (QED) is 0.404. The predicted molar refractivity (Wildman–Crippen MR) is 96.1 cm³/mol. The largest absolute Gasteiger partial charge is 0.300 e. The van der Waals surface area contributed by atoms with Gasteiger partial charge in [0.2, 0.25) is 0 Å². The van der Waals surface area contributed by atoms with Crippen molar-refractivity contribution in [1.82, 2.24) is 10.3 Å². The number of pyridine rings is 1. The van der Waals surface area contributed by atoms with Gasteiger partial charge in [-0.05, 0) is 36.3 Å². The lowest BCUT2D eigenvalue weighted by Crippen LogP contribution is -2.28. The summed E-state index contributed by atoms with van der Waals surface area (Å²) in [6.07, 6.45) is 6.02. The van der Waals surface area contributed by atoms with Gasteiger partial charge in [0.15, 0.2) is 5.84 Å². The van der Waals surface area contributed by atoms with E-state index in [0.717, 1.165) is 12.3 Å². The van der Waals surface area contributed by atoms with Gasteiger partial charge in [0.25, 0.3) is 5.91 Å². The average Bonchev–Trinajstić information content (AvgIpc) is 2.62. The van der Waals surface area contributed by atoms with Crippen LogP contribution >= 0.6 is 11.6 Å².